The number of nitrogens with one attached hydrogen (secondary N) is 1. The van der Waals surface area contributed by atoms with Crippen LogP contribution < -0.4 is 5.32 Å². The van der Waals surface area contributed by atoms with Gasteiger partial charge in [0, 0.05) is 30.3 Å². The number of carbonyl (C=O) groups is 2. The molecule has 0 saturated carbocycles. The lowest BCUT2D eigenvalue weighted by molar-refractivity contribution is -0.133. The van der Waals surface area contributed by atoms with Gasteiger partial charge < -0.3 is 0 Å². The first-order valence-corrected chi connectivity index (χ1v) is 5.90. The van der Waals surface area contributed by atoms with Gasteiger partial charge in [-0.2, -0.15) is 0 Å². The second-order valence-electron chi connectivity index (χ2n) is 4.53. The molecule has 0 aliphatic carbocycles. The topological polar surface area (TPSA) is 59.1 Å². The van der Waals surface area contributed by atoms with E-state index in [0.717, 1.165) is 16.5 Å². The van der Waals surface area contributed by atoms with Crippen molar-refractivity contribution in [1.29, 1.82) is 0 Å². The predicted octanol–water partition coefficient (Wildman–Crippen LogP) is 1.75. The summed E-state index contributed by atoms with van der Waals surface area (Å²) in [5.74, 6) is -0.402. The quantitative estimate of drug-likeness (QED) is 0.772. The maximum Gasteiger partial charge on any atom is 0.227 e. The molecule has 1 fully saturated rings. The first-order chi connectivity index (χ1) is 8.72. The number of imide groups is 1. The van der Waals surface area contributed by atoms with E-state index < -0.39 is 0 Å². The molecule has 1 aromatic carbocycles. The summed E-state index contributed by atoms with van der Waals surface area (Å²) in [7, 11) is 0. The summed E-state index contributed by atoms with van der Waals surface area (Å²) < 4.78 is 0. The van der Waals surface area contributed by atoms with Gasteiger partial charge in [0.25, 0.3) is 0 Å². The molecule has 18 heavy (non-hydrogen) atoms. The van der Waals surface area contributed by atoms with Crippen molar-refractivity contribution in [3.05, 3.63) is 42.1 Å². The maximum atomic E-state index is 11.4. The van der Waals surface area contributed by atoms with Gasteiger partial charge in [0.15, 0.2) is 0 Å². The molecule has 0 unspecified atom stereocenters. The molecule has 0 radical (unpaired) electrons. The number of amides is 2. The highest BCUT2D eigenvalue weighted by molar-refractivity contribution is 5.98. The number of benzene rings is 1. The van der Waals surface area contributed by atoms with Crippen molar-refractivity contribution in [2.24, 2.45) is 0 Å². The van der Waals surface area contributed by atoms with Crippen LogP contribution in [-0.2, 0) is 9.59 Å². The van der Waals surface area contributed by atoms with Gasteiger partial charge in [-0.1, -0.05) is 12.1 Å². The van der Waals surface area contributed by atoms with E-state index in [2.05, 4.69) is 10.3 Å². The third kappa shape index (κ3) is 1.97. The van der Waals surface area contributed by atoms with Crippen LogP contribution >= 0.6 is 0 Å². The molecular formula is C14H12N2O2. The Balaban J connectivity index is 1.98. The Morgan fingerprint density at radius 2 is 1.89 bits per heavy atom. The molecular weight excluding hydrogens is 228 g/mol. The van der Waals surface area contributed by atoms with Crippen LogP contribution in [0.1, 0.15) is 24.3 Å². The van der Waals surface area contributed by atoms with Gasteiger partial charge in [-0.25, -0.2) is 0 Å². The Labute approximate surface area is 104 Å². The summed E-state index contributed by atoms with van der Waals surface area (Å²) in [5.41, 5.74) is 1.95. The van der Waals surface area contributed by atoms with Gasteiger partial charge >= 0.3 is 0 Å². The minimum Gasteiger partial charge on any atom is -0.296 e. The highest BCUT2D eigenvalue weighted by Crippen LogP contribution is 2.28. The number of fused-ring (bicyclic) bond motifs is 1. The van der Waals surface area contributed by atoms with Gasteiger partial charge in [-0.15, -0.1) is 0 Å². The SMILES string of the molecule is O=C1CC(c2ccc3ncccc3c2)CC(=O)N1. The van der Waals surface area contributed by atoms with E-state index >= 15 is 0 Å². The predicted molar refractivity (Wildman–Crippen MR) is 66.9 cm³/mol. The largest absolute Gasteiger partial charge is 0.296 e. The molecule has 1 aromatic heterocycles. The fourth-order valence-corrected chi connectivity index (χ4v) is 2.36. The van der Waals surface area contributed by atoms with E-state index in [0.29, 0.717) is 12.8 Å². The Morgan fingerprint density at radius 3 is 2.67 bits per heavy atom. The van der Waals surface area contributed by atoms with Crippen molar-refractivity contribution < 1.29 is 9.59 Å². The molecule has 1 saturated heterocycles. The number of carbonyl (C=O) groups excluding carboxylic acids is 2. The number of hydrogen-bond acceptors (Lipinski definition) is 3. The Hall–Kier alpha value is -2.23. The van der Waals surface area contributed by atoms with Gasteiger partial charge in [-0.05, 0) is 23.8 Å². The molecule has 2 amide bonds. The van der Waals surface area contributed by atoms with E-state index in [1.807, 2.05) is 30.3 Å². The van der Waals surface area contributed by atoms with E-state index in [1.54, 1.807) is 6.20 Å². The minimum atomic E-state index is -0.192. The third-order valence-electron chi connectivity index (χ3n) is 3.24. The molecule has 1 aliphatic rings. The zero-order chi connectivity index (χ0) is 12.5. The average molecular weight is 240 g/mol. The lowest BCUT2D eigenvalue weighted by Gasteiger charge is -2.21. The molecule has 0 atom stereocenters. The Kier molecular flexibility index (Phi) is 2.55. The van der Waals surface area contributed by atoms with Crippen LogP contribution in [0, 0.1) is 0 Å². The average Bonchev–Trinajstić information content (AvgIpc) is 2.37. The Morgan fingerprint density at radius 1 is 1.11 bits per heavy atom. The molecule has 2 aromatic rings. The molecule has 2 heterocycles. The van der Waals surface area contributed by atoms with Crippen molar-refractivity contribution in [1.82, 2.24) is 10.3 Å². The zero-order valence-corrected chi connectivity index (χ0v) is 9.72. The molecule has 4 heteroatoms. The van der Waals surface area contributed by atoms with Crippen LogP contribution in [0.5, 0.6) is 0 Å². The number of nitrogens with zero attached hydrogens (tertiary/aromatic N) is 1. The summed E-state index contributed by atoms with van der Waals surface area (Å²) >= 11 is 0. The zero-order valence-electron chi connectivity index (χ0n) is 9.72. The fraction of sp³-hybridized carbons (Fsp3) is 0.214. The van der Waals surface area contributed by atoms with Crippen LogP contribution in [0.25, 0.3) is 10.9 Å². The molecule has 0 spiro atoms. The van der Waals surface area contributed by atoms with Gasteiger partial charge in [-0.3, -0.25) is 19.9 Å². The molecule has 1 N–H and O–H groups in total. The summed E-state index contributed by atoms with van der Waals surface area (Å²) in [6.45, 7) is 0. The number of hydrogen-bond donors (Lipinski definition) is 1. The lowest BCUT2D eigenvalue weighted by Crippen LogP contribution is -2.37. The highest BCUT2D eigenvalue weighted by atomic mass is 16.2. The molecule has 90 valence electrons. The molecule has 0 bridgehead atoms. The second-order valence-corrected chi connectivity index (χ2v) is 4.53. The van der Waals surface area contributed by atoms with E-state index in [-0.39, 0.29) is 17.7 Å². The minimum absolute atomic E-state index is 0.0177. The van der Waals surface area contributed by atoms with Crippen molar-refractivity contribution >= 4 is 22.7 Å². The van der Waals surface area contributed by atoms with E-state index in [4.69, 9.17) is 0 Å². The maximum absolute atomic E-state index is 11.4. The molecule has 3 rings (SSSR count). The van der Waals surface area contributed by atoms with Crippen LogP contribution in [-0.4, -0.2) is 16.8 Å². The second kappa shape index (κ2) is 4.22. The van der Waals surface area contributed by atoms with Crippen molar-refractivity contribution in [2.45, 2.75) is 18.8 Å². The summed E-state index contributed by atoms with van der Waals surface area (Å²) in [6, 6.07) is 9.76. The fourth-order valence-electron chi connectivity index (χ4n) is 2.36. The standard InChI is InChI=1S/C14H12N2O2/c17-13-7-11(8-14(18)16-13)9-3-4-12-10(6-9)2-1-5-15-12/h1-6,11H,7-8H2,(H,16,17,18). The van der Waals surface area contributed by atoms with E-state index in [9.17, 15) is 9.59 Å². The van der Waals surface area contributed by atoms with Crippen molar-refractivity contribution in [3.8, 4) is 0 Å². The monoisotopic (exact) mass is 240 g/mol. The van der Waals surface area contributed by atoms with Crippen LogP contribution in [0.2, 0.25) is 0 Å². The summed E-state index contributed by atoms with van der Waals surface area (Å²) in [5, 5.41) is 3.36. The smallest absolute Gasteiger partial charge is 0.227 e. The number of pyridine rings is 1. The molecule has 4 nitrogen and oxygen atoms in total. The van der Waals surface area contributed by atoms with Crippen molar-refractivity contribution in [2.75, 3.05) is 0 Å². The lowest BCUT2D eigenvalue weighted by atomic mass is 9.89. The third-order valence-corrected chi connectivity index (χ3v) is 3.24. The first kappa shape index (κ1) is 10.9. The summed E-state index contributed by atoms with van der Waals surface area (Å²) in [6.07, 6.45) is 2.49. The van der Waals surface area contributed by atoms with E-state index in [1.165, 1.54) is 0 Å². The first-order valence-electron chi connectivity index (χ1n) is 5.90. The van der Waals surface area contributed by atoms with Gasteiger partial charge in [0.1, 0.15) is 0 Å². The number of aromatic nitrogens is 1. The van der Waals surface area contributed by atoms with Gasteiger partial charge in [0.05, 0.1) is 5.52 Å². The van der Waals surface area contributed by atoms with Crippen LogP contribution in [0.15, 0.2) is 36.5 Å². The normalized spacial score (nSPS) is 16.9. The number of rotatable bonds is 1. The van der Waals surface area contributed by atoms with Crippen LogP contribution in [0.4, 0.5) is 0 Å². The van der Waals surface area contributed by atoms with Crippen LogP contribution in [0.3, 0.4) is 0 Å². The van der Waals surface area contributed by atoms with Crippen molar-refractivity contribution in [3.63, 3.8) is 0 Å². The molecule has 1 aliphatic heterocycles. The number of piperidine rings is 1. The summed E-state index contributed by atoms with van der Waals surface area (Å²) in [4.78, 5) is 27.0. The Bertz CT molecular complexity index is 620. The highest BCUT2D eigenvalue weighted by Gasteiger charge is 2.26. The van der Waals surface area contributed by atoms with Gasteiger partial charge in [0.2, 0.25) is 11.8 Å².